The van der Waals surface area contributed by atoms with E-state index >= 15 is 0 Å². The second-order valence-corrected chi connectivity index (χ2v) is 16.1. The van der Waals surface area contributed by atoms with Crippen LogP contribution in [0, 0.1) is 53.3 Å². The third kappa shape index (κ3) is 5.58. The van der Waals surface area contributed by atoms with Crippen molar-refractivity contribution in [2.75, 3.05) is 13.7 Å². The Morgan fingerprint density at radius 2 is 1.34 bits per heavy atom. The van der Waals surface area contributed by atoms with Crippen molar-refractivity contribution in [3.05, 3.63) is 35.9 Å². The summed E-state index contributed by atoms with van der Waals surface area (Å²) in [6.45, 7) is 3.62. The molecule has 41 heavy (non-hydrogen) atoms. The van der Waals surface area contributed by atoms with Crippen molar-refractivity contribution in [3.8, 4) is 0 Å². The van der Waals surface area contributed by atoms with Crippen molar-refractivity contribution in [1.29, 1.82) is 0 Å². The lowest BCUT2D eigenvalue weighted by molar-refractivity contribution is -0.112. The van der Waals surface area contributed by atoms with Gasteiger partial charge in [0.1, 0.15) is 0 Å². The van der Waals surface area contributed by atoms with E-state index in [-0.39, 0.29) is 0 Å². The standard InChI is InChI=1S/C16H20N.C11H18NO.C10H16N/c1-2-4-11(5-3-1)8-15-13-6-12-7-14(10-13)17-16(15)9-12;1-6-7-3-8-5-9(6)11(13-2)10(4-7)12-8;1-7-2-9-3-8(1)5-10(4-7)11-6-9/h1-5,12-16H,6-10H2;6-11H,3-5H2,1-2H3;7-10H,1-6H2. The van der Waals surface area contributed by atoms with Crippen molar-refractivity contribution in [2.45, 2.75) is 127 Å². The Hall–Kier alpha value is -0.940. The largest absolute Gasteiger partial charge is 0.379 e. The molecular weight excluding hydrogens is 502 g/mol. The summed E-state index contributed by atoms with van der Waals surface area (Å²) in [5.74, 6) is 8.64. The molecule has 223 valence electrons. The first-order valence-electron chi connectivity index (χ1n) is 17.7. The molecule has 0 spiro atoms. The normalized spacial score (nSPS) is 51.0. The van der Waals surface area contributed by atoms with Gasteiger partial charge in [-0.15, -0.1) is 0 Å². The predicted molar refractivity (Wildman–Crippen MR) is 164 cm³/mol. The van der Waals surface area contributed by atoms with Crippen LogP contribution in [0.2, 0.25) is 0 Å². The highest BCUT2D eigenvalue weighted by molar-refractivity contribution is 5.17. The first kappa shape index (κ1) is 27.6. The average Bonchev–Trinajstić information content (AvgIpc) is 3.20. The molecule has 4 nitrogen and oxygen atoms in total. The third-order valence-corrected chi connectivity index (χ3v) is 13.6. The van der Waals surface area contributed by atoms with E-state index in [1.807, 2.05) is 7.11 Å². The monoisotopic (exact) mass is 556 g/mol. The number of fused-ring (bicyclic) bond motifs is 1. The molecule has 1 aromatic rings. The van der Waals surface area contributed by atoms with Crippen LogP contribution in [0.4, 0.5) is 0 Å². The molecule has 6 heterocycles. The molecule has 1 aromatic carbocycles. The zero-order valence-corrected chi connectivity index (χ0v) is 25.7. The van der Waals surface area contributed by atoms with Gasteiger partial charge in [0.15, 0.2) is 0 Å². The van der Waals surface area contributed by atoms with Crippen LogP contribution >= 0.6 is 0 Å². The summed E-state index contributed by atoms with van der Waals surface area (Å²) >= 11 is 0. The fourth-order valence-corrected chi connectivity index (χ4v) is 12.0. The maximum absolute atomic E-state index is 5.60. The van der Waals surface area contributed by atoms with Gasteiger partial charge in [-0.2, -0.15) is 0 Å². The number of piperidine rings is 4. The van der Waals surface area contributed by atoms with Gasteiger partial charge in [-0.25, -0.2) is 16.0 Å². The molecule has 3 radical (unpaired) electrons. The van der Waals surface area contributed by atoms with Gasteiger partial charge in [-0.05, 0) is 142 Å². The number of rotatable bonds is 3. The van der Waals surface area contributed by atoms with Gasteiger partial charge < -0.3 is 4.74 Å². The van der Waals surface area contributed by atoms with Gasteiger partial charge in [0.25, 0.3) is 0 Å². The van der Waals surface area contributed by atoms with Crippen LogP contribution in [0.15, 0.2) is 30.3 Å². The summed E-state index contributed by atoms with van der Waals surface area (Å²) in [5.41, 5.74) is 1.51. The van der Waals surface area contributed by atoms with E-state index in [0.29, 0.717) is 24.2 Å². The van der Waals surface area contributed by atoms with Gasteiger partial charge in [-0.1, -0.05) is 37.3 Å². The Morgan fingerprint density at radius 1 is 0.659 bits per heavy atom. The zero-order chi connectivity index (χ0) is 27.5. The van der Waals surface area contributed by atoms with Crippen LogP contribution in [0.5, 0.6) is 0 Å². The van der Waals surface area contributed by atoms with Crippen molar-refractivity contribution in [3.63, 3.8) is 0 Å². The van der Waals surface area contributed by atoms with E-state index in [1.165, 1.54) is 89.2 Å². The maximum Gasteiger partial charge on any atom is 0.0772 e. The fraction of sp³-hybridized carbons (Fsp3) is 0.838. The molecule has 6 saturated carbocycles. The van der Waals surface area contributed by atoms with Crippen molar-refractivity contribution in [1.82, 2.24) is 16.0 Å². The van der Waals surface area contributed by atoms with Gasteiger partial charge in [0.2, 0.25) is 0 Å². The first-order valence-corrected chi connectivity index (χ1v) is 17.7. The van der Waals surface area contributed by atoms with Gasteiger partial charge >= 0.3 is 0 Å². The molecule has 0 aromatic heterocycles. The lowest BCUT2D eigenvalue weighted by Gasteiger charge is -2.56. The maximum atomic E-state index is 5.60. The Balaban J connectivity index is 0.0000000961. The Morgan fingerprint density at radius 3 is 2.10 bits per heavy atom. The lowest BCUT2D eigenvalue weighted by atomic mass is 9.58. The minimum absolute atomic E-state index is 0.447. The summed E-state index contributed by atoms with van der Waals surface area (Å²) in [5, 5.41) is 14.6. The number of hydrogen-bond acceptors (Lipinski definition) is 1. The number of benzene rings is 1. The lowest BCUT2D eigenvalue weighted by Crippen LogP contribution is -2.63. The van der Waals surface area contributed by atoms with E-state index in [4.69, 9.17) is 20.7 Å². The Labute approximate surface area is 249 Å². The molecule has 12 aliphatic rings. The number of methoxy groups -OCH3 is 1. The fourth-order valence-electron chi connectivity index (χ4n) is 12.0. The topological polar surface area (TPSA) is 51.5 Å². The number of ether oxygens (including phenoxy) is 1. The second kappa shape index (κ2) is 11.5. The van der Waals surface area contributed by atoms with Crippen LogP contribution in [-0.2, 0) is 11.2 Å². The smallest absolute Gasteiger partial charge is 0.0772 e. The minimum atomic E-state index is 0.447. The van der Waals surface area contributed by atoms with Crippen LogP contribution in [0.25, 0.3) is 0 Å². The minimum Gasteiger partial charge on any atom is -0.379 e. The molecule has 4 heteroatoms. The van der Waals surface area contributed by atoms with E-state index < -0.39 is 0 Å². The molecule has 6 saturated heterocycles. The van der Waals surface area contributed by atoms with Crippen LogP contribution in [-0.4, -0.2) is 50.0 Å². The molecule has 13 atom stereocenters. The highest BCUT2D eigenvalue weighted by Crippen LogP contribution is 2.51. The van der Waals surface area contributed by atoms with Crippen LogP contribution in [0.3, 0.4) is 0 Å². The molecule has 6 aliphatic carbocycles. The average molecular weight is 557 g/mol. The van der Waals surface area contributed by atoms with E-state index in [9.17, 15) is 0 Å². The van der Waals surface area contributed by atoms with Crippen LogP contribution < -0.4 is 16.0 Å². The summed E-state index contributed by atoms with van der Waals surface area (Å²) in [7, 11) is 1.86. The van der Waals surface area contributed by atoms with Gasteiger partial charge in [0, 0.05) is 37.8 Å². The predicted octanol–water partition coefficient (Wildman–Crippen LogP) is 6.24. The van der Waals surface area contributed by atoms with Gasteiger partial charge in [-0.3, -0.25) is 0 Å². The Kier molecular flexibility index (Phi) is 7.76. The molecule has 6 aliphatic heterocycles. The number of hydrogen-bond donors (Lipinski definition) is 0. The van der Waals surface area contributed by atoms with E-state index in [2.05, 4.69) is 37.3 Å². The highest BCUT2D eigenvalue weighted by Gasteiger charge is 2.53. The zero-order valence-electron chi connectivity index (χ0n) is 25.7. The SMILES string of the molecule is C1[N]C2CC3CC1CC(C3)C2.COC1C2CC3CC(CC1C3C)[N]2.c1ccc(CC2C3CC4CC(C3)[N]C2C4)cc1. The molecule has 12 bridgehead atoms. The molecule has 13 unspecified atom stereocenters. The quantitative estimate of drug-likeness (QED) is 0.435. The van der Waals surface area contributed by atoms with Gasteiger partial charge in [0.05, 0.1) is 12.1 Å². The highest BCUT2D eigenvalue weighted by atomic mass is 16.5. The van der Waals surface area contributed by atoms with Crippen molar-refractivity contribution < 1.29 is 4.74 Å². The number of nitrogens with zero attached hydrogens (tertiary/aromatic N) is 3. The van der Waals surface area contributed by atoms with Crippen molar-refractivity contribution >= 4 is 0 Å². The van der Waals surface area contributed by atoms with Crippen molar-refractivity contribution in [2.24, 2.45) is 53.3 Å². The second-order valence-electron chi connectivity index (χ2n) is 16.1. The third-order valence-electron chi connectivity index (χ3n) is 13.6. The summed E-state index contributed by atoms with van der Waals surface area (Å²) in [6, 6.07) is 14.5. The van der Waals surface area contributed by atoms with E-state index in [1.54, 1.807) is 6.42 Å². The summed E-state index contributed by atoms with van der Waals surface area (Å²) in [4.78, 5) is 0. The Bertz CT molecular complexity index is 968. The molecule has 0 N–H and O–H groups in total. The molecule has 12 fully saturated rings. The first-order chi connectivity index (χ1) is 20.1. The molecule has 13 rings (SSSR count). The van der Waals surface area contributed by atoms with Crippen LogP contribution in [0.1, 0.15) is 89.5 Å². The summed E-state index contributed by atoms with van der Waals surface area (Å²) in [6.07, 6.45) is 18.8. The molecule has 0 amide bonds. The molecular formula is C37H54N3O. The summed E-state index contributed by atoms with van der Waals surface area (Å²) < 4.78 is 5.60. The van der Waals surface area contributed by atoms with E-state index in [0.717, 1.165) is 65.3 Å².